The molecule has 2 aromatic rings. The molecule has 0 amide bonds. The van der Waals surface area contributed by atoms with Gasteiger partial charge in [0, 0.05) is 5.41 Å². The number of rotatable bonds is 6. The number of aryl methyl sites for hydroxylation is 2. The zero-order valence-electron chi connectivity index (χ0n) is 20.4. The molecular formula is C27H40O4. The van der Waals surface area contributed by atoms with E-state index in [1.807, 2.05) is 26.0 Å². The number of aliphatic hydroxyl groups excluding tert-OH is 2. The number of hydrogen-bond donors (Lipinski definition) is 4. The van der Waals surface area contributed by atoms with Gasteiger partial charge in [-0.3, -0.25) is 0 Å². The van der Waals surface area contributed by atoms with Gasteiger partial charge in [0.2, 0.25) is 0 Å². The lowest BCUT2D eigenvalue weighted by atomic mass is 9.74. The summed E-state index contributed by atoms with van der Waals surface area (Å²) in [6.45, 7) is 15.9. The number of benzene rings is 2. The summed E-state index contributed by atoms with van der Waals surface area (Å²) in [5.41, 5.74) is 4.42. The molecule has 172 valence electrons. The molecule has 0 spiro atoms. The molecule has 0 bridgehead atoms. The zero-order valence-corrected chi connectivity index (χ0v) is 20.4. The van der Waals surface area contributed by atoms with Crippen molar-refractivity contribution < 1.29 is 20.4 Å². The first kappa shape index (κ1) is 25.2. The second-order valence-corrected chi connectivity index (χ2v) is 11.3. The smallest absolute Gasteiger partial charge is 0.119 e. The Morgan fingerprint density at radius 2 is 0.935 bits per heavy atom. The Morgan fingerprint density at radius 3 is 1.19 bits per heavy atom. The third-order valence-electron chi connectivity index (χ3n) is 6.33. The summed E-state index contributed by atoms with van der Waals surface area (Å²) in [6, 6.07) is 7.57. The van der Waals surface area contributed by atoms with Crippen LogP contribution in [0, 0.1) is 19.3 Å². The van der Waals surface area contributed by atoms with Crippen LogP contribution >= 0.6 is 0 Å². The molecule has 0 aliphatic heterocycles. The number of hydrogen-bond acceptors (Lipinski definition) is 4. The summed E-state index contributed by atoms with van der Waals surface area (Å²) >= 11 is 0. The molecule has 0 heterocycles. The molecule has 0 radical (unpaired) electrons. The predicted octanol–water partition coefficient (Wildman–Crippen LogP) is 5.07. The highest BCUT2D eigenvalue weighted by atomic mass is 16.3. The third kappa shape index (κ3) is 5.61. The Labute approximate surface area is 187 Å². The van der Waals surface area contributed by atoms with Gasteiger partial charge < -0.3 is 20.4 Å². The monoisotopic (exact) mass is 428 g/mol. The van der Waals surface area contributed by atoms with E-state index in [-0.39, 0.29) is 35.5 Å². The minimum Gasteiger partial charge on any atom is -0.508 e. The highest BCUT2D eigenvalue weighted by Gasteiger charge is 2.32. The first-order chi connectivity index (χ1) is 14.1. The second-order valence-electron chi connectivity index (χ2n) is 11.3. The molecule has 0 atom stereocenters. The van der Waals surface area contributed by atoms with Crippen LogP contribution in [0.2, 0.25) is 0 Å². The van der Waals surface area contributed by atoms with E-state index in [4.69, 9.17) is 0 Å². The molecule has 2 rings (SSSR count). The lowest BCUT2D eigenvalue weighted by Crippen LogP contribution is -2.35. The van der Waals surface area contributed by atoms with E-state index in [0.717, 1.165) is 33.4 Å². The molecule has 0 saturated carbocycles. The molecule has 0 aliphatic rings. The van der Waals surface area contributed by atoms with Gasteiger partial charge in [-0.05, 0) is 83.0 Å². The van der Waals surface area contributed by atoms with Gasteiger partial charge in [-0.2, -0.15) is 0 Å². The highest BCUT2D eigenvalue weighted by molar-refractivity contribution is 5.47. The molecular weight excluding hydrogens is 388 g/mol. The van der Waals surface area contributed by atoms with E-state index in [0.29, 0.717) is 12.8 Å². The minimum absolute atomic E-state index is 0.167. The van der Waals surface area contributed by atoms with Crippen molar-refractivity contribution in [2.24, 2.45) is 5.41 Å². The van der Waals surface area contributed by atoms with E-state index in [2.05, 4.69) is 41.5 Å². The van der Waals surface area contributed by atoms with Gasteiger partial charge in [-0.25, -0.2) is 0 Å². The number of phenolic OH excluding ortho intramolecular Hbond substituents is 2. The van der Waals surface area contributed by atoms with Crippen LogP contribution in [0.15, 0.2) is 24.3 Å². The van der Waals surface area contributed by atoms with E-state index in [1.165, 1.54) is 0 Å². The molecule has 31 heavy (non-hydrogen) atoms. The van der Waals surface area contributed by atoms with Crippen molar-refractivity contribution in [3.63, 3.8) is 0 Å². The molecule has 4 heteroatoms. The summed E-state index contributed by atoms with van der Waals surface area (Å²) in [5, 5.41) is 41.7. The molecule has 0 aliphatic carbocycles. The van der Waals surface area contributed by atoms with Gasteiger partial charge >= 0.3 is 0 Å². The van der Waals surface area contributed by atoms with Crippen molar-refractivity contribution in [1.29, 1.82) is 0 Å². The Balaban J connectivity index is 2.52. The summed E-state index contributed by atoms with van der Waals surface area (Å²) in [6.07, 6.45) is 0.973. The summed E-state index contributed by atoms with van der Waals surface area (Å²) in [5.74, 6) is 0.549. The fourth-order valence-electron chi connectivity index (χ4n) is 4.20. The van der Waals surface area contributed by atoms with Crippen LogP contribution in [0.1, 0.15) is 74.9 Å². The Morgan fingerprint density at radius 1 is 0.613 bits per heavy atom. The predicted molar refractivity (Wildman–Crippen MR) is 127 cm³/mol. The number of aromatic hydroxyl groups is 2. The van der Waals surface area contributed by atoms with Crippen molar-refractivity contribution >= 4 is 0 Å². The fraction of sp³-hybridized carbons (Fsp3) is 0.556. The van der Waals surface area contributed by atoms with E-state index < -0.39 is 5.41 Å². The first-order valence-corrected chi connectivity index (χ1v) is 11.0. The average molecular weight is 429 g/mol. The summed E-state index contributed by atoms with van der Waals surface area (Å²) in [4.78, 5) is 0. The summed E-state index contributed by atoms with van der Waals surface area (Å²) < 4.78 is 0. The number of aliphatic hydroxyl groups is 2. The van der Waals surface area contributed by atoms with Gasteiger partial charge in [-0.15, -0.1) is 0 Å². The van der Waals surface area contributed by atoms with Gasteiger partial charge in [0.1, 0.15) is 11.5 Å². The Hall–Kier alpha value is -2.04. The topological polar surface area (TPSA) is 80.9 Å². The maximum atomic E-state index is 10.4. The Kier molecular flexibility index (Phi) is 7.19. The van der Waals surface area contributed by atoms with Crippen LogP contribution in [-0.4, -0.2) is 33.6 Å². The molecule has 4 nitrogen and oxygen atoms in total. The molecule has 0 saturated heterocycles. The molecule has 0 aromatic heterocycles. The van der Waals surface area contributed by atoms with Crippen LogP contribution in [0.25, 0.3) is 0 Å². The lowest BCUT2D eigenvalue weighted by molar-refractivity contribution is 0.0545. The highest BCUT2D eigenvalue weighted by Crippen LogP contribution is 2.38. The average Bonchev–Trinajstić information content (AvgIpc) is 2.63. The first-order valence-electron chi connectivity index (χ1n) is 11.0. The van der Waals surface area contributed by atoms with Gasteiger partial charge in [0.15, 0.2) is 0 Å². The van der Waals surface area contributed by atoms with Crippen molar-refractivity contribution in [3.8, 4) is 11.5 Å². The van der Waals surface area contributed by atoms with Gasteiger partial charge in [-0.1, -0.05) is 53.7 Å². The van der Waals surface area contributed by atoms with Crippen LogP contribution < -0.4 is 0 Å². The normalized spacial score (nSPS) is 13.0. The Bertz CT molecular complexity index is 852. The quantitative estimate of drug-likeness (QED) is 0.518. The van der Waals surface area contributed by atoms with Crippen molar-refractivity contribution in [1.82, 2.24) is 0 Å². The largest absolute Gasteiger partial charge is 0.508 e. The molecule has 0 unspecified atom stereocenters. The zero-order chi connectivity index (χ0) is 23.8. The van der Waals surface area contributed by atoms with Crippen molar-refractivity contribution in [2.45, 2.75) is 79.1 Å². The van der Waals surface area contributed by atoms with Gasteiger partial charge in [0.05, 0.1) is 13.2 Å². The van der Waals surface area contributed by atoms with Gasteiger partial charge in [0.25, 0.3) is 0 Å². The number of phenols is 2. The minimum atomic E-state index is -0.756. The maximum Gasteiger partial charge on any atom is 0.119 e. The lowest BCUT2D eigenvalue weighted by Gasteiger charge is -2.33. The van der Waals surface area contributed by atoms with E-state index in [1.54, 1.807) is 12.1 Å². The molecule has 4 N–H and O–H groups in total. The summed E-state index contributed by atoms with van der Waals surface area (Å²) in [7, 11) is 0. The second kappa shape index (κ2) is 8.84. The molecule has 2 aromatic carbocycles. The van der Waals surface area contributed by atoms with Crippen molar-refractivity contribution in [2.75, 3.05) is 13.2 Å². The SMILES string of the molecule is Cc1cc(O)c(C(C)(C)C)cc1CC(CO)(CO)Cc1cc(C(C)(C)C)c(O)cc1C. The van der Waals surface area contributed by atoms with Crippen LogP contribution in [0.3, 0.4) is 0 Å². The standard InChI is InChI=1S/C27H40O4/c1-17-9-23(30)21(25(3,4)5)11-19(17)13-27(15-28,16-29)14-20-12-22(26(6,7)8)24(31)10-18(20)2/h9-12,28-31H,13-16H2,1-8H3. The molecule has 0 fully saturated rings. The van der Waals surface area contributed by atoms with Crippen LogP contribution in [0.4, 0.5) is 0 Å². The van der Waals surface area contributed by atoms with Crippen LogP contribution in [-0.2, 0) is 23.7 Å². The maximum absolute atomic E-state index is 10.4. The van der Waals surface area contributed by atoms with Crippen molar-refractivity contribution in [3.05, 3.63) is 57.6 Å². The fourth-order valence-corrected chi connectivity index (χ4v) is 4.20. The third-order valence-corrected chi connectivity index (χ3v) is 6.33. The van der Waals surface area contributed by atoms with E-state index >= 15 is 0 Å². The van der Waals surface area contributed by atoms with Crippen LogP contribution in [0.5, 0.6) is 11.5 Å². The van der Waals surface area contributed by atoms with E-state index in [9.17, 15) is 20.4 Å².